The number of benzene rings is 2. The van der Waals surface area contributed by atoms with E-state index in [4.69, 9.17) is 5.10 Å². The second-order valence-electron chi connectivity index (χ2n) is 9.78. The van der Waals surface area contributed by atoms with Gasteiger partial charge in [-0.2, -0.15) is 5.10 Å². The molecule has 0 saturated carbocycles. The molecule has 0 fully saturated rings. The largest absolute Gasteiger partial charge is 0.333 e. The number of nitrogens with zero attached hydrogens (tertiary/aromatic N) is 3. The average Bonchev–Trinajstić information content (AvgIpc) is 3.22. The number of hydrogen-bond donors (Lipinski definition) is 1. The second-order valence-corrected chi connectivity index (χ2v) is 9.78. The van der Waals surface area contributed by atoms with Crippen LogP contribution in [0.4, 0.5) is 5.82 Å². The maximum atomic E-state index is 13.5. The van der Waals surface area contributed by atoms with Gasteiger partial charge in [-0.3, -0.25) is 9.59 Å². The molecule has 2 amide bonds. The van der Waals surface area contributed by atoms with Crippen molar-refractivity contribution in [2.75, 3.05) is 18.4 Å². The predicted octanol–water partition coefficient (Wildman–Crippen LogP) is 6.94. The first kappa shape index (κ1) is 28.2. The van der Waals surface area contributed by atoms with Crippen LogP contribution < -0.4 is 5.32 Å². The Labute approximate surface area is 222 Å². The zero-order chi connectivity index (χ0) is 26.8. The van der Waals surface area contributed by atoms with Gasteiger partial charge in [-0.1, -0.05) is 88.6 Å². The quantitative estimate of drug-likeness (QED) is 0.275. The third-order valence-electron chi connectivity index (χ3n) is 6.90. The van der Waals surface area contributed by atoms with E-state index in [0.29, 0.717) is 12.4 Å². The van der Waals surface area contributed by atoms with E-state index in [1.165, 1.54) is 0 Å². The van der Waals surface area contributed by atoms with E-state index in [-0.39, 0.29) is 24.3 Å². The summed E-state index contributed by atoms with van der Waals surface area (Å²) in [6.45, 7) is 10.9. The normalized spacial score (nSPS) is 11.8. The van der Waals surface area contributed by atoms with Crippen LogP contribution in [0.25, 0.3) is 16.8 Å². The molecule has 2 aromatic carbocycles. The molecule has 198 valence electrons. The summed E-state index contributed by atoms with van der Waals surface area (Å²) < 4.78 is 1.82. The van der Waals surface area contributed by atoms with Crippen molar-refractivity contribution in [2.24, 2.45) is 5.92 Å². The first-order valence-corrected chi connectivity index (χ1v) is 13.7. The maximum Gasteiger partial charge on any atom is 0.245 e. The number of anilines is 1. The third-order valence-corrected chi connectivity index (χ3v) is 6.90. The highest BCUT2D eigenvalue weighted by Crippen LogP contribution is 2.34. The molecule has 37 heavy (non-hydrogen) atoms. The number of nitrogens with one attached hydrogen (secondary N) is 1. The Morgan fingerprint density at radius 1 is 0.946 bits per heavy atom. The Kier molecular flexibility index (Phi) is 10.5. The highest BCUT2D eigenvalue weighted by atomic mass is 16.2. The monoisotopic (exact) mass is 502 g/mol. The summed E-state index contributed by atoms with van der Waals surface area (Å²) >= 11 is 0. The Balaban J connectivity index is 1.95. The molecule has 3 aromatic rings. The summed E-state index contributed by atoms with van der Waals surface area (Å²) in [5.74, 6) is 0.473. The van der Waals surface area contributed by atoms with Gasteiger partial charge >= 0.3 is 0 Å². The minimum Gasteiger partial charge on any atom is -0.333 e. The fraction of sp³-hybridized carbons (Fsp3) is 0.452. The minimum absolute atomic E-state index is 0.0354. The number of hydrogen-bond acceptors (Lipinski definition) is 3. The van der Waals surface area contributed by atoms with E-state index in [1.54, 1.807) is 4.90 Å². The molecule has 0 bridgehead atoms. The lowest BCUT2D eigenvalue weighted by Gasteiger charge is -2.27. The van der Waals surface area contributed by atoms with E-state index in [0.717, 1.165) is 66.6 Å². The minimum atomic E-state index is -0.207. The molecule has 0 spiro atoms. The topological polar surface area (TPSA) is 67.2 Å². The van der Waals surface area contributed by atoms with E-state index < -0.39 is 0 Å². The number of amides is 2. The van der Waals surface area contributed by atoms with Gasteiger partial charge in [0.2, 0.25) is 11.8 Å². The standard InChI is InChI=1S/C31H42N4O2/c1-6-9-17-25(8-3)31(37)34(21-10-7-2)22-28(36)32-30-29(26-18-12-11-13-19-26)24(5)33-35(30)27-20-15-14-16-23(27)4/h11-16,18-20,25H,6-10,17,21-22H2,1-5H3,(H,32,36). The van der Waals surface area contributed by atoms with Crippen molar-refractivity contribution in [2.45, 2.75) is 73.1 Å². The van der Waals surface area contributed by atoms with Gasteiger partial charge in [-0.05, 0) is 50.3 Å². The number of carbonyl (C=O) groups excluding carboxylic acids is 2. The van der Waals surface area contributed by atoms with Crippen molar-refractivity contribution in [1.29, 1.82) is 0 Å². The van der Waals surface area contributed by atoms with Crippen molar-refractivity contribution < 1.29 is 9.59 Å². The first-order chi connectivity index (χ1) is 17.9. The van der Waals surface area contributed by atoms with Crippen LogP contribution in [0.3, 0.4) is 0 Å². The van der Waals surface area contributed by atoms with Crippen LogP contribution in [0.15, 0.2) is 54.6 Å². The smallest absolute Gasteiger partial charge is 0.245 e. The molecule has 1 N–H and O–H groups in total. The van der Waals surface area contributed by atoms with Crippen LogP contribution in [-0.4, -0.2) is 39.6 Å². The molecule has 1 unspecified atom stereocenters. The summed E-state index contributed by atoms with van der Waals surface area (Å²) in [5, 5.41) is 7.99. The predicted molar refractivity (Wildman–Crippen MR) is 152 cm³/mol. The van der Waals surface area contributed by atoms with E-state index in [2.05, 4.69) is 26.1 Å². The third kappa shape index (κ3) is 7.09. The molecule has 1 heterocycles. The number of carbonyl (C=O) groups is 2. The van der Waals surface area contributed by atoms with Crippen molar-refractivity contribution in [3.63, 3.8) is 0 Å². The maximum absolute atomic E-state index is 13.5. The lowest BCUT2D eigenvalue weighted by Crippen LogP contribution is -2.42. The van der Waals surface area contributed by atoms with Crippen molar-refractivity contribution in [3.8, 4) is 16.8 Å². The van der Waals surface area contributed by atoms with Crippen LogP contribution in [0, 0.1) is 19.8 Å². The summed E-state index contributed by atoms with van der Waals surface area (Å²) in [7, 11) is 0. The van der Waals surface area contributed by atoms with Gasteiger partial charge in [0.15, 0.2) is 0 Å². The molecule has 0 saturated heterocycles. The van der Waals surface area contributed by atoms with Crippen LogP contribution in [0.2, 0.25) is 0 Å². The Morgan fingerprint density at radius 2 is 1.62 bits per heavy atom. The van der Waals surface area contributed by atoms with Crippen molar-refractivity contribution in [3.05, 3.63) is 65.9 Å². The first-order valence-electron chi connectivity index (χ1n) is 13.7. The molecule has 1 atom stereocenters. The summed E-state index contributed by atoms with van der Waals surface area (Å²) in [5.41, 5.74) is 4.67. The summed E-state index contributed by atoms with van der Waals surface area (Å²) in [6, 6.07) is 18.0. The van der Waals surface area contributed by atoms with Gasteiger partial charge < -0.3 is 10.2 Å². The van der Waals surface area contributed by atoms with Crippen LogP contribution in [-0.2, 0) is 9.59 Å². The summed E-state index contributed by atoms with van der Waals surface area (Å²) in [6.07, 6.45) is 5.58. The number of rotatable bonds is 13. The van der Waals surface area contributed by atoms with E-state index in [9.17, 15) is 9.59 Å². The molecule has 3 rings (SSSR count). The Hall–Kier alpha value is -3.41. The zero-order valence-corrected chi connectivity index (χ0v) is 23.1. The van der Waals surface area contributed by atoms with Gasteiger partial charge in [0.1, 0.15) is 5.82 Å². The highest BCUT2D eigenvalue weighted by molar-refractivity contribution is 5.98. The van der Waals surface area contributed by atoms with Crippen LogP contribution in [0.5, 0.6) is 0 Å². The van der Waals surface area contributed by atoms with Crippen LogP contribution in [0.1, 0.15) is 70.6 Å². The Morgan fingerprint density at radius 3 is 2.27 bits per heavy atom. The lowest BCUT2D eigenvalue weighted by atomic mass is 9.97. The highest BCUT2D eigenvalue weighted by Gasteiger charge is 2.26. The second kappa shape index (κ2) is 13.8. The number of aromatic nitrogens is 2. The average molecular weight is 503 g/mol. The summed E-state index contributed by atoms with van der Waals surface area (Å²) in [4.78, 5) is 28.7. The molecule has 0 radical (unpaired) electrons. The van der Waals surface area contributed by atoms with E-state index in [1.807, 2.05) is 73.1 Å². The zero-order valence-electron chi connectivity index (χ0n) is 23.1. The molecule has 6 nitrogen and oxygen atoms in total. The van der Waals surface area contributed by atoms with Gasteiger partial charge in [0.05, 0.1) is 17.9 Å². The van der Waals surface area contributed by atoms with Gasteiger partial charge in [-0.25, -0.2) is 4.68 Å². The van der Waals surface area contributed by atoms with Crippen molar-refractivity contribution in [1.82, 2.24) is 14.7 Å². The van der Waals surface area contributed by atoms with Gasteiger partial charge in [0, 0.05) is 18.0 Å². The fourth-order valence-electron chi connectivity index (χ4n) is 4.74. The van der Waals surface area contributed by atoms with Gasteiger partial charge in [-0.15, -0.1) is 0 Å². The Bertz CT molecular complexity index is 1170. The molecular weight excluding hydrogens is 460 g/mol. The molecule has 0 aliphatic carbocycles. The molecular formula is C31H42N4O2. The SMILES string of the molecule is CCCCC(CC)C(=O)N(CCCC)CC(=O)Nc1c(-c2ccccc2)c(C)nn1-c1ccccc1C. The molecule has 1 aromatic heterocycles. The number of aryl methyl sites for hydroxylation is 2. The number of unbranched alkanes of at least 4 members (excludes halogenated alkanes) is 2. The van der Waals surface area contributed by atoms with E-state index >= 15 is 0 Å². The van der Waals surface area contributed by atoms with Crippen LogP contribution >= 0.6 is 0 Å². The fourth-order valence-corrected chi connectivity index (χ4v) is 4.74. The molecule has 0 aliphatic heterocycles. The number of para-hydroxylation sites is 1. The molecule has 6 heteroatoms. The lowest BCUT2D eigenvalue weighted by molar-refractivity contribution is -0.138. The molecule has 0 aliphatic rings. The van der Waals surface area contributed by atoms with Gasteiger partial charge in [0.25, 0.3) is 0 Å². The van der Waals surface area contributed by atoms with Crippen molar-refractivity contribution >= 4 is 17.6 Å².